The molecule has 0 saturated carbocycles. The fourth-order valence-corrected chi connectivity index (χ4v) is 12.3. The van der Waals surface area contributed by atoms with E-state index in [1.54, 1.807) is 0 Å². The van der Waals surface area contributed by atoms with Crippen LogP contribution >= 0.6 is 0 Å². The first-order valence-corrected chi connectivity index (χ1v) is 22.9. The number of anilines is 9. The molecule has 5 aliphatic rings. The molecule has 0 bridgehead atoms. The van der Waals surface area contributed by atoms with Gasteiger partial charge in [0.15, 0.2) is 11.5 Å². The van der Waals surface area contributed by atoms with E-state index < -0.39 is 5.41 Å². The molecule has 0 saturated heterocycles. The molecule has 0 fully saturated rings. The van der Waals surface area contributed by atoms with Crippen molar-refractivity contribution in [1.29, 1.82) is 0 Å². The smallest absolute Gasteiger partial charge is 0.252 e. The van der Waals surface area contributed by atoms with Gasteiger partial charge in [-0.3, -0.25) is 0 Å². The van der Waals surface area contributed by atoms with Gasteiger partial charge in [0.05, 0.1) is 16.8 Å². The molecular weight excluding hydrogens is 802 g/mol. The zero-order valence-corrected chi connectivity index (χ0v) is 35.8. The Morgan fingerprint density at radius 3 is 1.45 bits per heavy atom. The summed E-state index contributed by atoms with van der Waals surface area (Å²) in [5.41, 5.74) is 24.0. The summed E-state index contributed by atoms with van der Waals surface area (Å²) in [6.45, 7) is 0.00699. The lowest BCUT2D eigenvalue weighted by Gasteiger charge is -2.44. The Bertz CT molecular complexity index is 3640. The molecule has 10 aromatic rings. The Hall–Kier alpha value is -8.54. The number of rotatable bonds is 3. The van der Waals surface area contributed by atoms with Gasteiger partial charge in [-0.1, -0.05) is 146 Å². The maximum Gasteiger partial charge on any atom is 0.252 e. The van der Waals surface area contributed by atoms with Crippen molar-refractivity contribution in [3.63, 3.8) is 0 Å². The number of fused-ring (bicyclic) bond motifs is 16. The first kappa shape index (κ1) is 35.9. The second kappa shape index (κ2) is 13.3. The molecule has 1 spiro atoms. The first-order valence-electron chi connectivity index (χ1n) is 22.9. The highest BCUT2D eigenvalue weighted by molar-refractivity contribution is 7.00. The topological polar surface area (TPSA) is 19.0 Å². The normalized spacial score (nSPS) is 15.9. The SMILES string of the molecule is c1ccc(N2c3ccccc3B3c4cc5c(cc4N(c4ccccc4)c4cccc2c43)C2(c3ccccc3-c3ccc(N4c6ccccc6Oc6ccccc64)cc32)c2ccccc2-5)cc1. The van der Waals surface area contributed by atoms with E-state index in [1.165, 1.54) is 83.6 Å². The molecular formula is C61H38BN3O. The minimum absolute atomic E-state index is 0.00699. The zero-order chi connectivity index (χ0) is 43.1. The van der Waals surface area contributed by atoms with Crippen LogP contribution in [0.4, 0.5) is 51.2 Å². The van der Waals surface area contributed by atoms with Crippen molar-refractivity contribution < 1.29 is 4.74 Å². The molecule has 15 rings (SSSR count). The van der Waals surface area contributed by atoms with Crippen LogP contribution < -0.4 is 35.8 Å². The van der Waals surface area contributed by atoms with Crippen LogP contribution in [0.3, 0.4) is 0 Å². The minimum atomic E-state index is -0.590. The van der Waals surface area contributed by atoms with Gasteiger partial charge >= 0.3 is 0 Å². The van der Waals surface area contributed by atoms with Crippen molar-refractivity contribution in [3.05, 3.63) is 253 Å². The highest BCUT2D eigenvalue weighted by atomic mass is 16.5. The van der Waals surface area contributed by atoms with Crippen LogP contribution in [0.5, 0.6) is 11.5 Å². The van der Waals surface area contributed by atoms with Crippen LogP contribution in [-0.4, -0.2) is 6.71 Å². The fourth-order valence-electron chi connectivity index (χ4n) is 12.3. The van der Waals surface area contributed by atoms with Crippen LogP contribution in [0.1, 0.15) is 22.3 Å². The maximum absolute atomic E-state index is 6.51. The summed E-state index contributed by atoms with van der Waals surface area (Å²) in [6.07, 6.45) is 0. The van der Waals surface area contributed by atoms with Crippen molar-refractivity contribution in [3.8, 4) is 33.8 Å². The van der Waals surface area contributed by atoms with Gasteiger partial charge in [0.2, 0.25) is 0 Å². The molecule has 306 valence electrons. The molecule has 5 heteroatoms. The summed E-state index contributed by atoms with van der Waals surface area (Å²) in [5, 5.41) is 0. The van der Waals surface area contributed by atoms with E-state index in [1.807, 2.05) is 0 Å². The summed E-state index contributed by atoms with van der Waals surface area (Å²) in [7, 11) is 0. The van der Waals surface area contributed by atoms with Crippen LogP contribution in [0.15, 0.2) is 231 Å². The van der Waals surface area contributed by atoms with Crippen LogP contribution in [0.25, 0.3) is 22.3 Å². The van der Waals surface area contributed by atoms with Crippen molar-refractivity contribution >= 4 is 74.3 Å². The Balaban J connectivity index is 1.03. The number of ether oxygens (including phenoxy) is 1. The van der Waals surface area contributed by atoms with Crippen molar-refractivity contribution in [2.24, 2.45) is 0 Å². The van der Waals surface area contributed by atoms with E-state index in [-0.39, 0.29) is 6.71 Å². The largest absolute Gasteiger partial charge is 0.453 e. The number of benzene rings is 10. The summed E-state index contributed by atoms with van der Waals surface area (Å²) in [6, 6.07) is 85.2. The minimum Gasteiger partial charge on any atom is -0.453 e. The van der Waals surface area contributed by atoms with Crippen LogP contribution in [0, 0.1) is 0 Å². The van der Waals surface area contributed by atoms with Gasteiger partial charge in [-0.2, -0.15) is 0 Å². The molecule has 0 N–H and O–H groups in total. The highest BCUT2D eigenvalue weighted by Crippen LogP contribution is 2.64. The molecule has 0 radical (unpaired) electrons. The molecule has 66 heavy (non-hydrogen) atoms. The Labute approximate surface area is 383 Å². The van der Waals surface area contributed by atoms with Crippen LogP contribution in [0.2, 0.25) is 0 Å². The summed E-state index contributed by atoms with van der Waals surface area (Å²) >= 11 is 0. The first-order chi connectivity index (χ1) is 32.8. The standard InChI is InChI=1S/C61H38BN3O/c1-3-18-39(19-4-1)63-52-27-12-11-26-50(52)62-51-37-45-43-23-8-10-25-47(43)61(49(45)38-57(51)64(40-20-5-2-6-21-40)56-31-17-30-55(63)60(56)62)46-24-9-7-22-42(46)44-35-34-41(36-48(44)61)65-53-28-13-15-32-58(53)66-59-33-16-14-29-54(59)65/h1-38H. The second-order valence-electron chi connectivity index (χ2n) is 17.9. The molecule has 3 heterocycles. The van der Waals surface area contributed by atoms with E-state index >= 15 is 0 Å². The molecule has 1 atom stereocenters. The summed E-state index contributed by atoms with van der Waals surface area (Å²) in [5.74, 6) is 1.69. The van der Waals surface area contributed by atoms with E-state index in [2.05, 4.69) is 245 Å². The zero-order valence-electron chi connectivity index (χ0n) is 35.8. The van der Waals surface area contributed by atoms with E-state index in [9.17, 15) is 0 Å². The van der Waals surface area contributed by atoms with E-state index in [4.69, 9.17) is 4.74 Å². The van der Waals surface area contributed by atoms with Crippen molar-refractivity contribution in [2.45, 2.75) is 5.41 Å². The van der Waals surface area contributed by atoms with Gasteiger partial charge in [0.1, 0.15) is 0 Å². The van der Waals surface area contributed by atoms with Crippen molar-refractivity contribution in [1.82, 2.24) is 0 Å². The molecule has 4 nitrogen and oxygen atoms in total. The second-order valence-corrected chi connectivity index (χ2v) is 17.9. The third-order valence-corrected chi connectivity index (χ3v) is 14.8. The van der Waals surface area contributed by atoms with Gasteiger partial charge in [-0.15, -0.1) is 0 Å². The average Bonchev–Trinajstić information content (AvgIpc) is 3.84. The number of hydrogen-bond acceptors (Lipinski definition) is 4. The quantitative estimate of drug-likeness (QED) is 0.165. The third-order valence-electron chi connectivity index (χ3n) is 14.8. The van der Waals surface area contributed by atoms with Gasteiger partial charge < -0.3 is 19.4 Å². The maximum atomic E-state index is 6.51. The summed E-state index contributed by atoms with van der Waals surface area (Å²) < 4.78 is 6.51. The predicted octanol–water partition coefficient (Wildman–Crippen LogP) is 13.7. The highest BCUT2D eigenvalue weighted by Gasteiger charge is 2.54. The lowest BCUT2D eigenvalue weighted by atomic mass is 9.33. The number of hydrogen-bond donors (Lipinski definition) is 0. The lowest BCUT2D eigenvalue weighted by molar-refractivity contribution is 0.477. The van der Waals surface area contributed by atoms with Gasteiger partial charge in [0, 0.05) is 39.8 Å². The van der Waals surface area contributed by atoms with Gasteiger partial charge in [-0.25, -0.2) is 0 Å². The molecule has 2 aliphatic carbocycles. The van der Waals surface area contributed by atoms with E-state index in [0.29, 0.717) is 0 Å². The van der Waals surface area contributed by atoms with E-state index in [0.717, 1.165) is 39.9 Å². The molecule has 3 aliphatic heterocycles. The molecule has 10 aromatic carbocycles. The molecule has 0 aromatic heterocycles. The summed E-state index contributed by atoms with van der Waals surface area (Å²) in [4.78, 5) is 7.38. The lowest BCUT2D eigenvalue weighted by Crippen LogP contribution is -2.61. The predicted molar refractivity (Wildman–Crippen MR) is 272 cm³/mol. The third kappa shape index (κ3) is 4.58. The number of nitrogens with zero attached hydrogens (tertiary/aromatic N) is 3. The Morgan fingerprint density at radius 1 is 0.303 bits per heavy atom. The molecule has 1 unspecified atom stereocenters. The Kier molecular flexibility index (Phi) is 7.21. The van der Waals surface area contributed by atoms with Crippen molar-refractivity contribution in [2.75, 3.05) is 14.7 Å². The molecule has 0 amide bonds. The van der Waals surface area contributed by atoms with Crippen LogP contribution in [-0.2, 0) is 5.41 Å². The average molecular weight is 840 g/mol. The monoisotopic (exact) mass is 839 g/mol. The van der Waals surface area contributed by atoms with Gasteiger partial charge in [-0.05, 0) is 146 Å². The van der Waals surface area contributed by atoms with Gasteiger partial charge in [0.25, 0.3) is 6.71 Å². The number of para-hydroxylation sites is 7. The fraction of sp³-hybridized carbons (Fsp3) is 0.0164. The Morgan fingerprint density at radius 2 is 0.788 bits per heavy atom.